The number of thiazole rings is 1. The molecule has 18 heavy (non-hydrogen) atoms. The quantitative estimate of drug-likeness (QED) is 0.723. The summed E-state index contributed by atoms with van der Waals surface area (Å²) in [6.07, 6.45) is 0. The van der Waals surface area contributed by atoms with Crippen molar-refractivity contribution in [2.24, 2.45) is 0 Å². The van der Waals surface area contributed by atoms with Gasteiger partial charge >= 0.3 is 12.0 Å². The first-order valence-electron chi connectivity index (χ1n) is 5.15. The van der Waals surface area contributed by atoms with Crippen LogP contribution in [0.4, 0.5) is 9.93 Å². The smallest absolute Gasteiger partial charge is 0.344 e. The highest BCUT2D eigenvalue weighted by Gasteiger charge is 2.18. The number of carboxylic acid groups (broad SMARTS) is 1. The maximum atomic E-state index is 11.3. The van der Waals surface area contributed by atoms with Crippen LogP contribution in [0, 0.1) is 0 Å². The molecule has 0 fully saturated rings. The number of nitrogens with zero attached hydrogens (tertiary/aromatic N) is 1. The molecule has 0 spiro atoms. The van der Waals surface area contributed by atoms with Gasteiger partial charge in [0, 0.05) is 10.8 Å². The Labute approximate surface area is 108 Å². The maximum absolute atomic E-state index is 11.3. The highest BCUT2D eigenvalue weighted by molar-refractivity contribution is 7.13. The van der Waals surface area contributed by atoms with Gasteiger partial charge in [-0.25, -0.2) is 20.1 Å². The molecule has 0 aliphatic heterocycles. The van der Waals surface area contributed by atoms with Gasteiger partial charge in [0.05, 0.1) is 5.69 Å². The van der Waals surface area contributed by atoms with Crippen molar-refractivity contribution in [2.75, 3.05) is 11.9 Å². The lowest BCUT2D eigenvalue weighted by Gasteiger charge is -2.14. The van der Waals surface area contributed by atoms with Crippen LogP contribution in [0.2, 0.25) is 0 Å². The zero-order chi connectivity index (χ0) is 13.8. The van der Waals surface area contributed by atoms with Crippen LogP contribution in [0.3, 0.4) is 0 Å². The molecule has 0 unspecified atom stereocenters. The van der Waals surface area contributed by atoms with Crippen molar-refractivity contribution in [1.29, 1.82) is 0 Å². The van der Waals surface area contributed by atoms with Crippen LogP contribution in [0.1, 0.15) is 26.5 Å². The first-order valence-corrected chi connectivity index (χ1v) is 6.03. The molecule has 7 nitrogen and oxygen atoms in total. The highest BCUT2D eigenvalue weighted by atomic mass is 32.1. The summed E-state index contributed by atoms with van der Waals surface area (Å²) in [7, 11) is 0. The van der Waals surface area contributed by atoms with E-state index in [-0.39, 0.29) is 5.41 Å². The van der Waals surface area contributed by atoms with Crippen molar-refractivity contribution in [1.82, 2.24) is 10.5 Å². The summed E-state index contributed by atoms with van der Waals surface area (Å²) in [6, 6.07) is -0.661. The molecule has 0 bridgehead atoms. The SMILES string of the molecule is CC(C)(C)c1csc(NC(=O)NOCC(=O)O)n1. The van der Waals surface area contributed by atoms with E-state index in [4.69, 9.17) is 5.11 Å². The van der Waals surface area contributed by atoms with Crippen LogP contribution < -0.4 is 10.8 Å². The highest BCUT2D eigenvalue weighted by Crippen LogP contribution is 2.26. The Bertz CT molecular complexity index is 439. The number of hydrogen-bond acceptors (Lipinski definition) is 5. The second-order valence-corrected chi connectivity index (χ2v) is 5.38. The van der Waals surface area contributed by atoms with E-state index in [1.54, 1.807) is 0 Å². The third-order valence-corrected chi connectivity index (χ3v) is 2.61. The minimum atomic E-state index is -1.17. The number of anilines is 1. The summed E-state index contributed by atoms with van der Waals surface area (Å²) < 4.78 is 0. The van der Waals surface area contributed by atoms with Crippen LogP contribution in [0.15, 0.2) is 5.38 Å². The van der Waals surface area contributed by atoms with Crippen LogP contribution in [0.25, 0.3) is 0 Å². The first-order chi connectivity index (χ1) is 8.29. The lowest BCUT2D eigenvalue weighted by Crippen LogP contribution is -2.30. The Morgan fingerprint density at radius 2 is 2.17 bits per heavy atom. The normalized spacial score (nSPS) is 11.1. The number of hydroxylamine groups is 1. The number of amides is 2. The number of carbonyl (C=O) groups excluding carboxylic acids is 1. The van der Waals surface area contributed by atoms with Gasteiger partial charge < -0.3 is 5.11 Å². The molecule has 0 aliphatic carbocycles. The van der Waals surface area contributed by atoms with E-state index in [2.05, 4.69) is 15.1 Å². The van der Waals surface area contributed by atoms with E-state index >= 15 is 0 Å². The molecule has 2 amide bonds. The van der Waals surface area contributed by atoms with Gasteiger partial charge in [-0.3, -0.25) is 10.2 Å². The van der Waals surface area contributed by atoms with Crippen LogP contribution in [-0.4, -0.2) is 28.7 Å². The minimum absolute atomic E-state index is 0.0906. The molecule has 1 aromatic heterocycles. The van der Waals surface area contributed by atoms with Crippen molar-refractivity contribution in [2.45, 2.75) is 26.2 Å². The maximum Gasteiger partial charge on any atom is 0.344 e. The van der Waals surface area contributed by atoms with Gasteiger partial charge in [-0.15, -0.1) is 11.3 Å². The first kappa shape index (κ1) is 14.4. The zero-order valence-corrected chi connectivity index (χ0v) is 11.1. The number of hydrogen-bond donors (Lipinski definition) is 3. The molecule has 0 saturated carbocycles. The Morgan fingerprint density at radius 3 is 2.67 bits per heavy atom. The van der Waals surface area contributed by atoms with Gasteiger partial charge in [-0.2, -0.15) is 0 Å². The molecule has 0 radical (unpaired) electrons. The van der Waals surface area contributed by atoms with Crippen LogP contribution in [0.5, 0.6) is 0 Å². The fraction of sp³-hybridized carbons (Fsp3) is 0.500. The Balaban J connectivity index is 2.45. The summed E-state index contributed by atoms with van der Waals surface area (Å²) >= 11 is 1.29. The second kappa shape index (κ2) is 5.78. The van der Waals surface area contributed by atoms with Gasteiger partial charge in [0.25, 0.3) is 0 Å². The number of carbonyl (C=O) groups is 2. The predicted molar refractivity (Wildman–Crippen MR) is 66.6 cm³/mol. The monoisotopic (exact) mass is 273 g/mol. The van der Waals surface area contributed by atoms with E-state index in [9.17, 15) is 9.59 Å². The molecular formula is C10H15N3O4S. The van der Waals surface area contributed by atoms with E-state index in [1.165, 1.54) is 11.3 Å². The van der Waals surface area contributed by atoms with Crippen molar-refractivity contribution in [3.8, 4) is 0 Å². The third kappa shape index (κ3) is 4.68. The van der Waals surface area contributed by atoms with E-state index in [0.717, 1.165) is 5.69 Å². The standard InChI is InChI=1S/C10H15N3O4S/c1-10(2,3)6-5-18-9(11-6)12-8(16)13-17-4-7(14)15/h5H,4H2,1-3H3,(H,14,15)(H2,11,12,13,16). The molecule has 3 N–H and O–H groups in total. The van der Waals surface area contributed by atoms with Crippen molar-refractivity contribution >= 4 is 28.5 Å². The van der Waals surface area contributed by atoms with E-state index in [0.29, 0.717) is 5.13 Å². The van der Waals surface area contributed by atoms with Crippen LogP contribution in [-0.2, 0) is 15.0 Å². The molecule has 1 heterocycles. The lowest BCUT2D eigenvalue weighted by molar-refractivity contribution is -0.143. The molecule has 0 atom stereocenters. The van der Waals surface area contributed by atoms with Gasteiger partial charge in [0.15, 0.2) is 11.7 Å². The summed E-state index contributed by atoms with van der Waals surface area (Å²) in [5, 5.41) is 13.0. The molecular weight excluding hydrogens is 258 g/mol. The third-order valence-electron chi connectivity index (χ3n) is 1.85. The number of aromatic nitrogens is 1. The Kier molecular flexibility index (Phi) is 4.62. The largest absolute Gasteiger partial charge is 0.479 e. The number of urea groups is 1. The number of nitrogens with one attached hydrogen (secondary N) is 2. The Morgan fingerprint density at radius 1 is 1.50 bits per heavy atom. The topological polar surface area (TPSA) is 101 Å². The summed E-state index contributed by atoms with van der Waals surface area (Å²) in [5.74, 6) is -1.17. The van der Waals surface area contributed by atoms with Crippen molar-refractivity contribution in [3.05, 3.63) is 11.1 Å². The summed E-state index contributed by atoms with van der Waals surface area (Å²) in [5.41, 5.74) is 2.73. The fourth-order valence-corrected chi connectivity index (χ4v) is 1.89. The van der Waals surface area contributed by atoms with Crippen LogP contribution >= 0.6 is 11.3 Å². The number of carboxylic acids is 1. The van der Waals surface area contributed by atoms with Crippen molar-refractivity contribution < 1.29 is 19.5 Å². The van der Waals surface area contributed by atoms with Gasteiger partial charge in [-0.1, -0.05) is 20.8 Å². The molecule has 100 valence electrons. The molecule has 8 heteroatoms. The number of rotatable bonds is 4. The van der Waals surface area contributed by atoms with Crippen molar-refractivity contribution in [3.63, 3.8) is 0 Å². The summed E-state index contributed by atoms with van der Waals surface area (Å²) in [6.45, 7) is 5.45. The fourth-order valence-electron chi connectivity index (χ4n) is 0.962. The van der Waals surface area contributed by atoms with Gasteiger partial charge in [0.2, 0.25) is 0 Å². The molecule has 0 aromatic carbocycles. The molecule has 0 aliphatic rings. The molecule has 1 aromatic rings. The van der Waals surface area contributed by atoms with Gasteiger partial charge in [-0.05, 0) is 0 Å². The average Bonchev–Trinajstić information content (AvgIpc) is 2.64. The molecule has 1 rings (SSSR count). The Hall–Kier alpha value is -1.67. The van der Waals surface area contributed by atoms with E-state index in [1.807, 2.05) is 31.6 Å². The molecule has 0 saturated heterocycles. The average molecular weight is 273 g/mol. The summed E-state index contributed by atoms with van der Waals surface area (Å²) in [4.78, 5) is 30.1. The predicted octanol–water partition coefficient (Wildman–Crippen LogP) is 1.58. The minimum Gasteiger partial charge on any atom is -0.479 e. The van der Waals surface area contributed by atoms with E-state index < -0.39 is 18.6 Å². The van der Waals surface area contributed by atoms with Gasteiger partial charge in [0.1, 0.15) is 0 Å². The second-order valence-electron chi connectivity index (χ2n) is 4.53. The lowest BCUT2D eigenvalue weighted by atomic mass is 9.93. The zero-order valence-electron chi connectivity index (χ0n) is 10.3. The number of aliphatic carboxylic acids is 1.